The lowest BCUT2D eigenvalue weighted by atomic mass is 10.0. The summed E-state index contributed by atoms with van der Waals surface area (Å²) < 4.78 is 1.87. The third-order valence-corrected chi connectivity index (χ3v) is 3.26. The van der Waals surface area contributed by atoms with Gasteiger partial charge in [-0.05, 0) is 39.2 Å². The van der Waals surface area contributed by atoms with Gasteiger partial charge in [0.05, 0.1) is 23.2 Å². The van der Waals surface area contributed by atoms with Crippen LogP contribution in [0.4, 0.5) is 0 Å². The number of rotatable bonds is 3. The van der Waals surface area contributed by atoms with Crippen molar-refractivity contribution in [1.82, 2.24) is 9.78 Å². The maximum atomic E-state index is 11.4. The molecule has 0 N–H and O–H groups in total. The SMILES string of the molecule is CCC1=CC(n2ncc(C(C)=O)c2C)=CCC1. The molecule has 1 aromatic rings. The van der Waals surface area contributed by atoms with E-state index in [9.17, 15) is 4.79 Å². The molecule has 1 aliphatic rings. The summed E-state index contributed by atoms with van der Waals surface area (Å²) in [5.74, 6) is 0.0739. The Kier molecular flexibility index (Phi) is 3.27. The summed E-state index contributed by atoms with van der Waals surface area (Å²) in [4.78, 5) is 11.4. The second kappa shape index (κ2) is 4.70. The third kappa shape index (κ3) is 2.23. The lowest BCUT2D eigenvalue weighted by Crippen LogP contribution is -2.04. The van der Waals surface area contributed by atoms with Crippen LogP contribution in [0.2, 0.25) is 0 Å². The van der Waals surface area contributed by atoms with E-state index in [2.05, 4.69) is 24.2 Å². The normalized spacial score (nSPS) is 15.5. The highest BCUT2D eigenvalue weighted by atomic mass is 16.1. The van der Waals surface area contributed by atoms with Crippen LogP contribution in [0.15, 0.2) is 23.9 Å². The third-order valence-electron chi connectivity index (χ3n) is 3.26. The molecule has 3 heteroatoms. The molecule has 3 nitrogen and oxygen atoms in total. The molecule has 0 unspecified atom stereocenters. The fraction of sp³-hybridized carbons (Fsp3) is 0.429. The minimum atomic E-state index is 0.0739. The Labute approximate surface area is 102 Å². The summed E-state index contributed by atoms with van der Waals surface area (Å²) in [5, 5.41) is 4.31. The van der Waals surface area contributed by atoms with Crippen LogP contribution in [-0.4, -0.2) is 15.6 Å². The van der Waals surface area contributed by atoms with Crippen LogP contribution in [0.1, 0.15) is 49.2 Å². The number of carbonyl (C=O) groups is 1. The zero-order valence-electron chi connectivity index (χ0n) is 10.7. The number of allylic oxidation sites excluding steroid dienone is 4. The molecule has 2 rings (SSSR count). The predicted molar refractivity (Wildman–Crippen MR) is 68.8 cm³/mol. The molecule has 0 saturated heterocycles. The molecule has 0 saturated carbocycles. The maximum Gasteiger partial charge on any atom is 0.163 e. The first kappa shape index (κ1) is 11.8. The first-order chi connectivity index (χ1) is 8.13. The molecule has 0 radical (unpaired) electrons. The van der Waals surface area contributed by atoms with Crippen molar-refractivity contribution in [3.05, 3.63) is 35.2 Å². The van der Waals surface area contributed by atoms with Gasteiger partial charge in [-0.15, -0.1) is 0 Å². The molecular formula is C14H18N2O. The molecule has 1 heterocycles. The number of hydrogen-bond acceptors (Lipinski definition) is 2. The van der Waals surface area contributed by atoms with E-state index in [0.717, 1.165) is 30.7 Å². The van der Waals surface area contributed by atoms with E-state index < -0.39 is 0 Å². The Morgan fingerprint density at radius 1 is 1.53 bits per heavy atom. The van der Waals surface area contributed by atoms with Crippen LogP contribution >= 0.6 is 0 Å². The van der Waals surface area contributed by atoms with Gasteiger partial charge in [-0.2, -0.15) is 5.10 Å². The van der Waals surface area contributed by atoms with Crippen LogP contribution in [-0.2, 0) is 0 Å². The van der Waals surface area contributed by atoms with E-state index in [4.69, 9.17) is 0 Å². The van der Waals surface area contributed by atoms with Gasteiger partial charge in [-0.3, -0.25) is 4.79 Å². The number of Topliss-reactive ketones (excluding diaryl/α,β-unsaturated/α-hetero) is 1. The molecule has 0 bridgehead atoms. The fourth-order valence-electron chi connectivity index (χ4n) is 2.19. The van der Waals surface area contributed by atoms with E-state index >= 15 is 0 Å². The number of hydrogen-bond donors (Lipinski definition) is 0. The van der Waals surface area contributed by atoms with Crippen molar-refractivity contribution < 1.29 is 4.79 Å². The Morgan fingerprint density at radius 3 is 2.88 bits per heavy atom. The van der Waals surface area contributed by atoms with Crippen LogP contribution in [0.5, 0.6) is 0 Å². The Morgan fingerprint density at radius 2 is 2.29 bits per heavy atom. The molecule has 0 fully saturated rings. The standard InChI is InChI=1S/C14H18N2O/c1-4-12-6-5-7-13(8-12)16-10(2)14(9-15-16)11(3)17/h7-9H,4-6H2,1-3H3. The van der Waals surface area contributed by atoms with Crippen LogP contribution in [0, 0.1) is 6.92 Å². The molecular weight excluding hydrogens is 212 g/mol. The van der Waals surface area contributed by atoms with Gasteiger partial charge < -0.3 is 0 Å². The quantitative estimate of drug-likeness (QED) is 0.746. The van der Waals surface area contributed by atoms with Crippen molar-refractivity contribution in [2.24, 2.45) is 0 Å². The maximum absolute atomic E-state index is 11.4. The van der Waals surface area contributed by atoms with E-state index in [1.807, 2.05) is 11.6 Å². The highest BCUT2D eigenvalue weighted by Gasteiger charge is 2.13. The zero-order valence-corrected chi connectivity index (χ0v) is 10.7. The summed E-state index contributed by atoms with van der Waals surface area (Å²) in [6, 6.07) is 0. The number of carbonyl (C=O) groups excluding carboxylic acids is 1. The van der Waals surface area contributed by atoms with Gasteiger partial charge in [0, 0.05) is 0 Å². The van der Waals surface area contributed by atoms with Crippen molar-refractivity contribution in [3.63, 3.8) is 0 Å². The Bertz CT molecular complexity index is 506. The second-order valence-corrected chi connectivity index (χ2v) is 4.44. The molecule has 17 heavy (non-hydrogen) atoms. The average molecular weight is 230 g/mol. The van der Waals surface area contributed by atoms with Crippen LogP contribution in [0.25, 0.3) is 5.70 Å². The van der Waals surface area contributed by atoms with Crippen LogP contribution < -0.4 is 0 Å². The minimum Gasteiger partial charge on any atom is -0.294 e. The summed E-state index contributed by atoms with van der Waals surface area (Å²) >= 11 is 0. The molecule has 0 aromatic carbocycles. The van der Waals surface area contributed by atoms with E-state index in [0.29, 0.717) is 5.56 Å². The first-order valence-corrected chi connectivity index (χ1v) is 6.09. The molecule has 90 valence electrons. The summed E-state index contributed by atoms with van der Waals surface area (Å²) in [6.45, 7) is 5.70. The molecule has 1 aromatic heterocycles. The van der Waals surface area contributed by atoms with E-state index in [-0.39, 0.29) is 5.78 Å². The van der Waals surface area contributed by atoms with Gasteiger partial charge in [0.1, 0.15) is 0 Å². The van der Waals surface area contributed by atoms with Gasteiger partial charge in [0.15, 0.2) is 5.78 Å². The minimum absolute atomic E-state index is 0.0739. The topological polar surface area (TPSA) is 34.9 Å². The van der Waals surface area contributed by atoms with Crippen molar-refractivity contribution >= 4 is 11.5 Å². The summed E-state index contributed by atoms with van der Waals surface area (Å²) in [5.41, 5.74) is 4.18. The molecule has 0 atom stereocenters. The first-order valence-electron chi connectivity index (χ1n) is 6.09. The van der Waals surface area contributed by atoms with Gasteiger partial charge >= 0.3 is 0 Å². The lowest BCUT2D eigenvalue weighted by Gasteiger charge is -2.14. The molecule has 0 amide bonds. The number of ketones is 1. The van der Waals surface area contributed by atoms with Crippen molar-refractivity contribution in [3.8, 4) is 0 Å². The van der Waals surface area contributed by atoms with Gasteiger partial charge in [0.25, 0.3) is 0 Å². The summed E-state index contributed by atoms with van der Waals surface area (Å²) in [6.07, 6.45) is 9.31. The van der Waals surface area contributed by atoms with Gasteiger partial charge in [-0.25, -0.2) is 4.68 Å². The smallest absolute Gasteiger partial charge is 0.163 e. The largest absolute Gasteiger partial charge is 0.294 e. The predicted octanol–water partition coefficient (Wildman–Crippen LogP) is 3.37. The lowest BCUT2D eigenvalue weighted by molar-refractivity contribution is 0.101. The number of aromatic nitrogens is 2. The zero-order chi connectivity index (χ0) is 12.4. The monoisotopic (exact) mass is 230 g/mol. The van der Waals surface area contributed by atoms with Crippen molar-refractivity contribution in [2.75, 3.05) is 0 Å². The van der Waals surface area contributed by atoms with Crippen molar-refractivity contribution in [1.29, 1.82) is 0 Å². The van der Waals surface area contributed by atoms with Crippen LogP contribution in [0.3, 0.4) is 0 Å². The van der Waals surface area contributed by atoms with E-state index in [1.165, 1.54) is 5.57 Å². The highest BCUT2D eigenvalue weighted by Crippen LogP contribution is 2.24. The molecule has 0 aliphatic heterocycles. The summed E-state index contributed by atoms with van der Waals surface area (Å²) in [7, 11) is 0. The van der Waals surface area contributed by atoms with E-state index in [1.54, 1.807) is 13.1 Å². The molecule has 0 spiro atoms. The van der Waals surface area contributed by atoms with Crippen molar-refractivity contribution in [2.45, 2.75) is 40.0 Å². The second-order valence-electron chi connectivity index (χ2n) is 4.44. The average Bonchev–Trinajstić information content (AvgIpc) is 2.71. The Hall–Kier alpha value is -1.64. The van der Waals surface area contributed by atoms with Gasteiger partial charge in [-0.1, -0.05) is 18.6 Å². The highest BCUT2D eigenvalue weighted by molar-refractivity contribution is 5.95. The molecule has 1 aliphatic carbocycles. The number of nitrogens with zero attached hydrogens (tertiary/aromatic N) is 2. The Balaban J connectivity index is 2.39. The fourth-order valence-corrected chi connectivity index (χ4v) is 2.19. The van der Waals surface area contributed by atoms with Gasteiger partial charge in [0.2, 0.25) is 0 Å².